The van der Waals surface area contributed by atoms with Gasteiger partial charge in [0.1, 0.15) is 35.8 Å². The van der Waals surface area contributed by atoms with E-state index in [1.165, 1.54) is 6.42 Å². The van der Waals surface area contributed by atoms with Crippen molar-refractivity contribution < 1.29 is 38.1 Å². The van der Waals surface area contributed by atoms with Crippen LogP contribution < -0.4 is 30.6 Å². The number of rotatable bonds is 26. The van der Waals surface area contributed by atoms with Crippen LogP contribution in [-0.2, 0) is 30.2 Å². The standard InChI is InChI=1S/C65H82N6O9S/c1-7-70(49-27-30-76-31-28-49)58-40-48(39-55(44(58)4)59(72)25-23-51-42(2)38-43(3)67-63(51)74)46-19-21-50(22-20-46)79-36-34-77-32-33-78-35-37-80-60-26-24-53(52-16-11-12-17-54(52)60)56-41-81-64(68-56)57-18-13-29-71(57)65(75)61(47-14-9-8-10-15-47)69-62(73)45(5)66-6/h11-12,16-17,19-22,24,26,38-41,45,47,49,57,61,66H,7-10,13-15,18,23,25,27-37H2,1-6H3,(H,67,74)(H,69,73)/t45-,57-,61-/m0/s1. The number of likely N-dealkylation sites (tertiary alicyclic amines) is 1. The van der Waals surface area contributed by atoms with Crippen LogP contribution in [0.3, 0.4) is 0 Å². The van der Waals surface area contributed by atoms with Crippen molar-refractivity contribution in [3.8, 4) is 33.9 Å². The van der Waals surface area contributed by atoms with Crippen LogP contribution in [-0.4, -0.2) is 124 Å². The van der Waals surface area contributed by atoms with Gasteiger partial charge in [0.05, 0.1) is 44.2 Å². The number of nitrogens with zero attached hydrogens (tertiary/aromatic N) is 3. The molecule has 1 saturated carbocycles. The second-order valence-electron chi connectivity index (χ2n) is 21.9. The Hall–Kier alpha value is -6.43. The number of carbonyl (C=O) groups excluding carboxylic acids is 3. The van der Waals surface area contributed by atoms with Gasteiger partial charge in [-0.05, 0) is 163 Å². The number of likely N-dealkylation sites (N-methyl/N-ethyl adjacent to an activating group) is 1. The van der Waals surface area contributed by atoms with Crippen molar-refractivity contribution in [3.05, 3.63) is 128 Å². The first kappa shape index (κ1) is 59.2. The maximum atomic E-state index is 14.4. The normalized spacial score (nSPS) is 16.8. The van der Waals surface area contributed by atoms with Gasteiger partial charge in [0.25, 0.3) is 5.56 Å². The summed E-state index contributed by atoms with van der Waals surface area (Å²) in [6.07, 6.45) is 9.43. The van der Waals surface area contributed by atoms with Crippen LogP contribution in [0.2, 0.25) is 0 Å². The minimum atomic E-state index is -0.534. The predicted octanol–water partition coefficient (Wildman–Crippen LogP) is 10.9. The summed E-state index contributed by atoms with van der Waals surface area (Å²) in [5, 5.41) is 11.2. The average Bonchev–Trinajstić information content (AvgIpc) is 4.23. The first-order valence-electron chi connectivity index (χ1n) is 29.4. The molecule has 2 amide bonds. The van der Waals surface area contributed by atoms with E-state index in [0.717, 1.165) is 143 Å². The molecule has 3 N–H and O–H groups in total. The fourth-order valence-electron chi connectivity index (χ4n) is 12.0. The summed E-state index contributed by atoms with van der Waals surface area (Å²) in [5.41, 5.74) is 8.72. The number of Topliss-reactive ketones (excluding diaryl/α,β-unsaturated/α-hetero) is 1. The van der Waals surface area contributed by atoms with Crippen molar-refractivity contribution in [2.45, 2.75) is 129 Å². The van der Waals surface area contributed by atoms with Gasteiger partial charge in [-0.2, -0.15) is 0 Å². The smallest absolute Gasteiger partial charge is 0.251 e. The number of thiazole rings is 1. The van der Waals surface area contributed by atoms with E-state index < -0.39 is 6.04 Å². The van der Waals surface area contributed by atoms with Crippen LogP contribution in [0.15, 0.2) is 89.0 Å². The molecule has 0 unspecified atom stereocenters. The molecule has 3 fully saturated rings. The van der Waals surface area contributed by atoms with Gasteiger partial charge in [-0.25, -0.2) is 4.98 Å². The van der Waals surface area contributed by atoms with Crippen molar-refractivity contribution in [1.82, 2.24) is 25.5 Å². The van der Waals surface area contributed by atoms with Crippen LogP contribution in [0.1, 0.15) is 122 Å². The van der Waals surface area contributed by atoms with Crippen LogP contribution in [0.25, 0.3) is 33.2 Å². The maximum Gasteiger partial charge on any atom is 0.251 e. The summed E-state index contributed by atoms with van der Waals surface area (Å²) in [6.45, 7) is 15.1. The summed E-state index contributed by atoms with van der Waals surface area (Å²) >= 11 is 1.59. The molecule has 4 aromatic carbocycles. The zero-order chi connectivity index (χ0) is 56.8. The van der Waals surface area contributed by atoms with Crippen LogP contribution in [0.5, 0.6) is 11.5 Å². The van der Waals surface area contributed by atoms with E-state index in [2.05, 4.69) is 57.1 Å². The third-order valence-electron chi connectivity index (χ3n) is 16.6. The Balaban J connectivity index is 0.741. The second kappa shape index (κ2) is 28.5. The Kier molecular flexibility index (Phi) is 20.8. The van der Waals surface area contributed by atoms with E-state index in [9.17, 15) is 19.2 Å². The molecule has 3 aliphatic rings. The molecule has 0 bridgehead atoms. The average molecular weight is 1120 g/mol. The van der Waals surface area contributed by atoms with Gasteiger partial charge < -0.3 is 49.1 Å². The number of hydrogen-bond donors (Lipinski definition) is 3. The lowest BCUT2D eigenvalue weighted by atomic mass is 9.83. The van der Waals surface area contributed by atoms with Gasteiger partial charge in [0, 0.05) is 77.6 Å². The van der Waals surface area contributed by atoms with Gasteiger partial charge >= 0.3 is 0 Å². The van der Waals surface area contributed by atoms with Gasteiger partial charge in [-0.1, -0.05) is 55.7 Å². The lowest BCUT2D eigenvalue weighted by Gasteiger charge is -2.37. The van der Waals surface area contributed by atoms with Crippen molar-refractivity contribution in [3.63, 3.8) is 0 Å². The highest BCUT2D eigenvalue weighted by Gasteiger charge is 2.40. The number of H-pyrrole nitrogens is 1. The van der Waals surface area contributed by atoms with Crippen molar-refractivity contribution >= 4 is 45.4 Å². The molecule has 432 valence electrons. The minimum Gasteiger partial charge on any atom is -0.491 e. The molecular formula is C65H82N6O9S. The summed E-state index contributed by atoms with van der Waals surface area (Å²) in [6, 6.07) is 25.6. The highest BCUT2D eigenvalue weighted by molar-refractivity contribution is 7.10. The lowest BCUT2D eigenvalue weighted by molar-refractivity contribution is -0.139. The molecule has 4 heterocycles. The number of aryl methyl sites for hydroxylation is 2. The number of carbonyl (C=O) groups is 3. The summed E-state index contributed by atoms with van der Waals surface area (Å²) in [7, 11) is 1.76. The lowest BCUT2D eigenvalue weighted by Crippen LogP contribution is -2.55. The zero-order valence-electron chi connectivity index (χ0n) is 48.2. The molecular weight excluding hydrogens is 1040 g/mol. The fraction of sp³-hybridized carbons (Fsp3) is 0.492. The third-order valence-corrected chi connectivity index (χ3v) is 17.6. The van der Waals surface area contributed by atoms with E-state index in [0.29, 0.717) is 69.8 Å². The van der Waals surface area contributed by atoms with Gasteiger partial charge in [0.15, 0.2) is 5.78 Å². The highest BCUT2D eigenvalue weighted by Crippen LogP contribution is 2.41. The number of aromatic nitrogens is 2. The zero-order valence-corrected chi connectivity index (χ0v) is 49.1. The van der Waals surface area contributed by atoms with E-state index in [4.69, 9.17) is 28.7 Å². The first-order valence-corrected chi connectivity index (χ1v) is 30.3. The molecule has 2 aliphatic heterocycles. The van der Waals surface area contributed by atoms with Crippen LogP contribution in [0, 0.1) is 26.7 Å². The van der Waals surface area contributed by atoms with Gasteiger partial charge in [-0.15, -0.1) is 11.3 Å². The molecule has 0 radical (unpaired) electrons. The van der Waals surface area contributed by atoms with Crippen LogP contribution in [0.4, 0.5) is 5.69 Å². The number of benzene rings is 4. The monoisotopic (exact) mass is 1120 g/mol. The Bertz CT molecular complexity index is 3150. The molecule has 2 saturated heterocycles. The molecule has 16 heteroatoms. The topological polar surface area (TPSA) is 174 Å². The Labute approximate surface area is 481 Å². The predicted molar refractivity (Wildman–Crippen MR) is 321 cm³/mol. The molecule has 2 aromatic heterocycles. The number of fused-ring (bicyclic) bond motifs is 1. The Morgan fingerprint density at radius 2 is 1.54 bits per heavy atom. The fourth-order valence-corrected chi connectivity index (χ4v) is 13.0. The van der Waals surface area contributed by atoms with Gasteiger partial charge in [-0.3, -0.25) is 19.2 Å². The summed E-state index contributed by atoms with van der Waals surface area (Å²) < 4.78 is 29.8. The first-order chi connectivity index (χ1) is 39.4. The van der Waals surface area contributed by atoms with E-state index in [-0.39, 0.29) is 47.6 Å². The molecule has 81 heavy (non-hydrogen) atoms. The number of hydrogen-bond acceptors (Lipinski definition) is 13. The molecule has 6 aromatic rings. The number of ketones is 1. The SMILES string of the molecule is CCN(c1cc(-c2ccc(OCCOCCOCCOc3ccc(-c4csc([C@@H]5CCCN5C(=O)[C@@H](NC(=O)[C@H](C)NC)C5CCCCC5)n4)c4ccccc34)cc2)cc(C(=O)CCc2c(C)cc(C)[nH]c2=O)c1C)C1CCOCC1. The summed E-state index contributed by atoms with van der Waals surface area (Å²) in [5.74, 6) is 1.51. The number of ether oxygens (including phenoxy) is 5. The molecule has 9 rings (SSSR count). The number of aromatic amines is 1. The number of nitrogens with one attached hydrogen (secondary N) is 3. The number of amides is 2. The van der Waals surface area contributed by atoms with Crippen molar-refractivity contribution in [1.29, 1.82) is 0 Å². The van der Waals surface area contributed by atoms with E-state index in [1.807, 2.05) is 87.2 Å². The Morgan fingerprint density at radius 1 is 0.827 bits per heavy atom. The molecule has 3 atom stereocenters. The van der Waals surface area contributed by atoms with Crippen molar-refractivity contribution in [2.75, 3.05) is 77.9 Å². The molecule has 15 nitrogen and oxygen atoms in total. The quantitative estimate of drug-likeness (QED) is 0.0347. The van der Waals surface area contributed by atoms with Gasteiger partial charge in [0.2, 0.25) is 11.8 Å². The molecule has 1 aliphatic carbocycles. The highest BCUT2D eigenvalue weighted by atomic mass is 32.1. The van der Waals surface area contributed by atoms with Crippen molar-refractivity contribution in [2.24, 2.45) is 5.92 Å². The summed E-state index contributed by atoms with van der Waals surface area (Å²) in [4.78, 5) is 66.9. The number of pyridine rings is 1. The van der Waals surface area contributed by atoms with E-state index >= 15 is 0 Å². The molecule has 0 spiro atoms. The second-order valence-corrected chi connectivity index (χ2v) is 22.8. The van der Waals surface area contributed by atoms with Crippen LogP contribution >= 0.6 is 11.3 Å². The maximum absolute atomic E-state index is 14.4. The van der Waals surface area contributed by atoms with E-state index in [1.54, 1.807) is 18.4 Å². The minimum absolute atomic E-state index is 0.0129. The Morgan fingerprint density at radius 3 is 2.26 bits per heavy atom. The number of anilines is 1. The third kappa shape index (κ3) is 14.6. The largest absolute Gasteiger partial charge is 0.491 e.